The second-order valence-corrected chi connectivity index (χ2v) is 5.96. The summed E-state index contributed by atoms with van der Waals surface area (Å²) >= 11 is 0. The molecule has 7 nitrogen and oxygen atoms in total. The van der Waals surface area contributed by atoms with E-state index >= 15 is 0 Å². The number of hydrogen-bond acceptors (Lipinski definition) is 6. The molecule has 0 aromatic carbocycles. The van der Waals surface area contributed by atoms with Gasteiger partial charge in [0.1, 0.15) is 17.8 Å². The van der Waals surface area contributed by atoms with Crippen molar-refractivity contribution in [2.24, 2.45) is 0 Å². The normalized spacial score (nSPS) is 15.2. The van der Waals surface area contributed by atoms with E-state index in [1.54, 1.807) is 6.07 Å². The first-order valence-electron chi connectivity index (χ1n) is 8.89. The van der Waals surface area contributed by atoms with Crippen LogP contribution in [0.25, 0.3) is 0 Å². The van der Waals surface area contributed by atoms with Crippen molar-refractivity contribution >= 4 is 11.7 Å². The van der Waals surface area contributed by atoms with Gasteiger partial charge in [-0.3, -0.25) is 9.69 Å². The van der Waals surface area contributed by atoms with Gasteiger partial charge in [0.15, 0.2) is 0 Å². The molecule has 2 rings (SSSR count). The summed E-state index contributed by atoms with van der Waals surface area (Å²) in [7, 11) is 0. The van der Waals surface area contributed by atoms with Crippen molar-refractivity contribution in [3.8, 4) is 0 Å². The van der Waals surface area contributed by atoms with E-state index in [0.29, 0.717) is 11.5 Å². The van der Waals surface area contributed by atoms with Crippen LogP contribution in [0, 0.1) is 0 Å². The van der Waals surface area contributed by atoms with Gasteiger partial charge < -0.3 is 15.0 Å². The number of ether oxygens (including phenoxy) is 1. The van der Waals surface area contributed by atoms with E-state index in [0.717, 1.165) is 65.3 Å². The molecule has 0 radical (unpaired) electrons. The summed E-state index contributed by atoms with van der Waals surface area (Å²) in [6, 6.07) is 1.75. The average molecular weight is 335 g/mol. The zero-order valence-electron chi connectivity index (χ0n) is 14.8. The molecule has 1 N–H and O–H groups in total. The number of anilines is 1. The van der Waals surface area contributed by atoms with E-state index in [1.165, 1.54) is 6.33 Å². The number of morpholine rings is 1. The molecular weight excluding hydrogens is 306 g/mol. The van der Waals surface area contributed by atoms with E-state index in [1.807, 2.05) is 4.90 Å². The summed E-state index contributed by atoms with van der Waals surface area (Å²) in [4.78, 5) is 25.2. The fourth-order valence-electron chi connectivity index (χ4n) is 2.75. The fourth-order valence-corrected chi connectivity index (χ4v) is 2.75. The van der Waals surface area contributed by atoms with Crippen molar-refractivity contribution < 1.29 is 9.53 Å². The standard InChI is InChI=1S/C17H29N5O2/c1-3-6-22(7-4-2)17(23)15-13-16(20-14-19-15)18-5-8-21-9-11-24-12-10-21/h13-14H,3-12H2,1-2H3,(H,18,19,20). The number of carbonyl (C=O) groups is 1. The van der Waals surface area contributed by atoms with Crippen molar-refractivity contribution in [2.75, 3.05) is 57.8 Å². The molecule has 24 heavy (non-hydrogen) atoms. The first kappa shape index (κ1) is 18.6. The highest BCUT2D eigenvalue weighted by atomic mass is 16.5. The molecular formula is C17H29N5O2. The number of amides is 1. The Hall–Kier alpha value is -1.73. The summed E-state index contributed by atoms with van der Waals surface area (Å²) in [5.74, 6) is 0.687. The van der Waals surface area contributed by atoms with E-state index < -0.39 is 0 Å². The maximum Gasteiger partial charge on any atom is 0.272 e. The van der Waals surface area contributed by atoms with Crippen LogP contribution in [0.15, 0.2) is 12.4 Å². The van der Waals surface area contributed by atoms with Crippen LogP contribution in [-0.4, -0.2) is 78.2 Å². The van der Waals surface area contributed by atoms with Gasteiger partial charge in [0.2, 0.25) is 0 Å². The number of hydrogen-bond donors (Lipinski definition) is 1. The van der Waals surface area contributed by atoms with E-state index in [4.69, 9.17) is 4.74 Å². The molecule has 134 valence electrons. The first-order chi connectivity index (χ1) is 11.7. The van der Waals surface area contributed by atoms with Crippen LogP contribution < -0.4 is 5.32 Å². The van der Waals surface area contributed by atoms with Crippen LogP contribution in [0.2, 0.25) is 0 Å². The number of nitrogens with one attached hydrogen (secondary N) is 1. The lowest BCUT2D eigenvalue weighted by molar-refractivity contribution is 0.0398. The smallest absolute Gasteiger partial charge is 0.272 e. The van der Waals surface area contributed by atoms with Crippen molar-refractivity contribution in [3.63, 3.8) is 0 Å². The van der Waals surface area contributed by atoms with Crippen molar-refractivity contribution in [1.29, 1.82) is 0 Å². The highest BCUT2D eigenvalue weighted by Crippen LogP contribution is 2.08. The Morgan fingerprint density at radius 1 is 1.25 bits per heavy atom. The molecule has 0 bridgehead atoms. The fraction of sp³-hybridized carbons (Fsp3) is 0.706. The molecule has 0 spiro atoms. The molecule has 1 saturated heterocycles. The van der Waals surface area contributed by atoms with Crippen LogP contribution in [0.4, 0.5) is 5.82 Å². The van der Waals surface area contributed by atoms with Gasteiger partial charge in [-0.1, -0.05) is 13.8 Å². The Labute approximate surface area is 144 Å². The largest absolute Gasteiger partial charge is 0.379 e. The summed E-state index contributed by atoms with van der Waals surface area (Å²) < 4.78 is 5.34. The SMILES string of the molecule is CCCN(CCC)C(=O)c1cc(NCCN2CCOCC2)ncn1. The highest BCUT2D eigenvalue weighted by Gasteiger charge is 2.16. The van der Waals surface area contributed by atoms with Crippen molar-refractivity contribution in [2.45, 2.75) is 26.7 Å². The second-order valence-electron chi connectivity index (χ2n) is 5.96. The Morgan fingerprint density at radius 2 is 1.96 bits per heavy atom. The molecule has 1 aliphatic heterocycles. The van der Waals surface area contributed by atoms with Crippen molar-refractivity contribution in [3.05, 3.63) is 18.1 Å². The average Bonchev–Trinajstić information content (AvgIpc) is 2.62. The Morgan fingerprint density at radius 3 is 2.62 bits per heavy atom. The number of rotatable bonds is 9. The van der Waals surface area contributed by atoms with Gasteiger partial charge in [0, 0.05) is 45.3 Å². The predicted octanol–water partition coefficient (Wildman–Crippen LogP) is 1.48. The molecule has 1 aromatic rings. The molecule has 1 aromatic heterocycles. The third-order valence-corrected chi connectivity index (χ3v) is 4.00. The van der Waals surface area contributed by atoms with Crippen LogP contribution in [0.3, 0.4) is 0 Å². The van der Waals surface area contributed by atoms with Crippen LogP contribution in [-0.2, 0) is 4.74 Å². The third-order valence-electron chi connectivity index (χ3n) is 4.00. The zero-order valence-corrected chi connectivity index (χ0v) is 14.8. The first-order valence-corrected chi connectivity index (χ1v) is 8.89. The minimum Gasteiger partial charge on any atom is -0.379 e. The second kappa shape index (κ2) is 10.2. The topological polar surface area (TPSA) is 70.6 Å². The van der Waals surface area contributed by atoms with Crippen LogP contribution in [0.1, 0.15) is 37.2 Å². The molecule has 0 unspecified atom stereocenters. The van der Waals surface area contributed by atoms with Gasteiger partial charge in [-0.2, -0.15) is 0 Å². The quantitative estimate of drug-likeness (QED) is 0.737. The molecule has 1 aliphatic rings. The van der Waals surface area contributed by atoms with Gasteiger partial charge in [-0.05, 0) is 12.8 Å². The molecule has 1 fully saturated rings. The van der Waals surface area contributed by atoms with Gasteiger partial charge >= 0.3 is 0 Å². The Balaban J connectivity index is 1.88. The highest BCUT2D eigenvalue weighted by molar-refractivity contribution is 5.92. The summed E-state index contributed by atoms with van der Waals surface area (Å²) in [6.07, 6.45) is 3.35. The lowest BCUT2D eigenvalue weighted by Crippen LogP contribution is -2.39. The minimum atomic E-state index is -0.0164. The van der Waals surface area contributed by atoms with Crippen molar-refractivity contribution in [1.82, 2.24) is 19.8 Å². The molecule has 1 amide bonds. The van der Waals surface area contributed by atoms with Gasteiger partial charge in [-0.25, -0.2) is 9.97 Å². The Kier molecular flexibility index (Phi) is 7.91. The van der Waals surface area contributed by atoms with Gasteiger partial charge in [0.25, 0.3) is 5.91 Å². The van der Waals surface area contributed by atoms with Gasteiger partial charge in [0.05, 0.1) is 13.2 Å². The maximum absolute atomic E-state index is 12.6. The monoisotopic (exact) mass is 335 g/mol. The van der Waals surface area contributed by atoms with E-state index in [-0.39, 0.29) is 5.91 Å². The molecule has 0 atom stereocenters. The molecule has 2 heterocycles. The number of carbonyl (C=O) groups excluding carboxylic acids is 1. The lowest BCUT2D eigenvalue weighted by atomic mass is 10.3. The Bertz CT molecular complexity index is 500. The van der Waals surface area contributed by atoms with E-state index in [9.17, 15) is 4.79 Å². The third kappa shape index (κ3) is 5.72. The molecule has 0 aliphatic carbocycles. The predicted molar refractivity (Wildman–Crippen MR) is 94.3 cm³/mol. The summed E-state index contributed by atoms with van der Waals surface area (Å²) in [6.45, 7) is 11.0. The summed E-state index contributed by atoms with van der Waals surface area (Å²) in [5.41, 5.74) is 0.459. The van der Waals surface area contributed by atoms with Crippen LogP contribution in [0.5, 0.6) is 0 Å². The number of nitrogens with zero attached hydrogens (tertiary/aromatic N) is 4. The zero-order chi connectivity index (χ0) is 17.2. The molecule has 7 heteroatoms. The van der Waals surface area contributed by atoms with Crippen LogP contribution >= 0.6 is 0 Å². The number of aromatic nitrogens is 2. The maximum atomic E-state index is 12.6. The van der Waals surface area contributed by atoms with E-state index in [2.05, 4.69) is 34.0 Å². The van der Waals surface area contributed by atoms with Gasteiger partial charge in [-0.15, -0.1) is 0 Å². The minimum absolute atomic E-state index is 0.0164. The lowest BCUT2D eigenvalue weighted by Gasteiger charge is -2.26. The summed E-state index contributed by atoms with van der Waals surface area (Å²) in [5, 5.41) is 3.29. The molecule has 0 saturated carbocycles.